The van der Waals surface area contributed by atoms with E-state index in [1.54, 1.807) is 19.3 Å². The summed E-state index contributed by atoms with van der Waals surface area (Å²) >= 11 is 0. The molecule has 0 aliphatic heterocycles. The van der Waals surface area contributed by atoms with Gasteiger partial charge in [0.2, 0.25) is 5.56 Å². The number of aromatic nitrogens is 1. The zero-order valence-electron chi connectivity index (χ0n) is 5.61. The van der Waals surface area contributed by atoms with Crippen molar-refractivity contribution in [1.29, 1.82) is 0 Å². The highest BCUT2D eigenvalue weighted by atomic mass is 16.2. The van der Waals surface area contributed by atoms with Crippen molar-refractivity contribution in [2.75, 3.05) is 0 Å². The van der Waals surface area contributed by atoms with Crippen molar-refractivity contribution in [3.8, 4) is 0 Å². The monoisotopic (exact) mass is 136 g/mol. The lowest BCUT2D eigenvalue weighted by atomic mass is 9.90. The highest BCUT2D eigenvalue weighted by molar-refractivity contribution is 6.45. The van der Waals surface area contributed by atoms with Crippen molar-refractivity contribution in [2.45, 2.75) is 0 Å². The average Bonchev–Trinajstić information content (AvgIpc) is 1.95. The summed E-state index contributed by atoms with van der Waals surface area (Å²) in [6.45, 7) is 0. The molecule has 1 radical (unpaired) electrons. The molecule has 51 valence electrons. The third kappa shape index (κ3) is 1.27. The molecule has 1 N–H and O–H groups in total. The maximum atomic E-state index is 10.8. The van der Waals surface area contributed by atoms with Crippen molar-refractivity contribution < 1.29 is 5.02 Å². The summed E-state index contributed by atoms with van der Waals surface area (Å²) in [5, 5.41) is 8.48. The van der Waals surface area contributed by atoms with Crippen molar-refractivity contribution in [3.63, 3.8) is 0 Å². The molecule has 1 aromatic rings. The molecule has 1 aromatic heterocycles. The van der Waals surface area contributed by atoms with Crippen LogP contribution < -0.4 is 11.0 Å². The van der Waals surface area contributed by atoms with Gasteiger partial charge < -0.3 is 9.59 Å². The second-order valence-corrected chi connectivity index (χ2v) is 2.04. The molecule has 10 heavy (non-hydrogen) atoms. The van der Waals surface area contributed by atoms with E-state index in [0.717, 1.165) is 7.48 Å². The first-order chi connectivity index (χ1) is 4.74. The molecule has 1 heterocycles. The lowest BCUT2D eigenvalue weighted by Gasteiger charge is -1.95. The second kappa shape index (κ2) is 2.71. The van der Waals surface area contributed by atoms with Crippen LogP contribution >= 0.6 is 0 Å². The summed E-state index contributed by atoms with van der Waals surface area (Å²) in [5.74, 6) is 0. The smallest absolute Gasteiger partial charge is 0.326 e. The van der Waals surface area contributed by atoms with E-state index in [4.69, 9.17) is 5.02 Å². The Labute approximate surface area is 59.2 Å². The van der Waals surface area contributed by atoms with Gasteiger partial charge in [-0.15, -0.1) is 0 Å². The predicted octanol–water partition coefficient (Wildman–Crippen LogP) is -1.38. The van der Waals surface area contributed by atoms with Crippen LogP contribution in [0.1, 0.15) is 0 Å². The minimum absolute atomic E-state index is 0.122. The van der Waals surface area contributed by atoms with E-state index in [9.17, 15) is 4.79 Å². The molecule has 4 heteroatoms. The summed E-state index contributed by atoms with van der Waals surface area (Å²) in [6, 6.07) is 3.02. The number of hydrogen-bond donors (Lipinski definition) is 1. The molecule has 0 fully saturated rings. The number of nitrogens with zero attached hydrogens (tertiary/aromatic N) is 1. The lowest BCUT2D eigenvalue weighted by molar-refractivity contribution is 0.615. The first kappa shape index (κ1) is 7.09. The Kier molecular flexibility index (Phi) is 1.92. The van der Waals surface area contributed by atoms with E-state index in [1.807, 2.05) is 0 Å². The van der Waals surface area contributed by atoms with E-state index in [0.29, 0.717) is 5.46 Å². The van der Waals surface area contributed by atoms with Crippen molar-refractivity contribution >= 4 is 12.9 Å². The Morgan fingerprint density at radius 3 is 2.90 bits per heavy atom. The molecule has 3 nitrogen and oxygen atoms in total. The third-order valence-electron chi connectivity index (χ3n) is 1.28. The summed E-state index contributed by atoms with van der Waals surface area (Å²) in [5.41, 5.74) is 0.408. The normalized spacial score (nSPS) is 9.40. The molecule has 0 amide bonds. The Hall–Kier alpha value is -1.03. The van der Waals surface area contributed by atoms with E-state index >= 15 is 0 Å². The van der Waals surface area contributed by atoms with Gasteiger partial charge in [-0.05, 0) is 11.5 Å². The fourth-order valence-corrected chi connectivity index (χ4v) is 0.644. The zero-order chi connectivity index (χ0) is 7.56. The van der Waals surface area contributed by atoms with E-state index < -0.39 is 0 Å². The number of rotatable bonds is 1. The Bertz CT molecular complexity index is 281. The van der Waals surface area contributed by atoms with Crippen molar-refractivity contribution in [3.05, 3.63) is 28.7 Å². The molecule has 1 rings (SSSR count). The Morgan fingerprint density at radius 1 is 1.70 bits per heavy atom. The van der Waals surface area contributed by atoms with Crippen molar-refractivity contribution in [1.82, 2.24) is 4.57 Å². The first-order valence-electron chi connectivity index (χ1n) is 2.88. The van der Waals surface area contributed by atoms with Gasteiger partial charge in [0.15, 0.2) is 0 Å². The van der Waals surface area contributed by atoms with Crippen LogP contribution in [0.15, 0.2) is 23.1 Å². The van der Waals surface area contributed by atoms with Gasteiger partial charge in [-0.3, -0.25) is 4.79 Å². The number of hydrogen-bond acceptors (Lipinski definition) is 2. The summed E-state index contributed by atoms with van der Waals surface area (Å²) in [6.07, 6.45) is 1.60. The highest BCUT2D eigenvalue weighted by Crippen LogP contribution is 1.72. The summed E-state index contributed by atoms with van der Waals surface area (Å²) in [7, 11) is 2.56. The molecule has 0 saturated carbocycles. The van der Waals surface area contributed by atoms with Gasteiger partial charge >= 0.3 is 7.48 Å². The first-order valence-corrected chi connectivity index (χ1v) is 2.88. The Balaban J connectivity index is 3.17. The van der Waals surface area contributed by atoms with E-state index in [-0.39, 0.29) is 5.56 Å². The van der Waals surface area contributed by atoms with Crippen LogP contribution in [0.4, 0.5) is 0 Å². The molecule has 0 aliphatic rings. The largest absolute Gasteiger partial charge is 0.450 e. The molecule has 0 unspecified atom stereocenters. The molecular weight excluding hydrogens is 129 g/mol. The van der Waals surface area contributed by atoms with Crippen molar-refractivity contribution in [2.24, 2.45) is 7.05 Å². The molecule has 0 atom stereocenters. The van der Waals surface area contributed by atoms with Gasteiger partial charge in [-0.2, -0.15) is 0 Å². The van der Waals surface area contributed by atoms with Gasteiger partial charge in [0.05, 0.1) is 0 Å². The molecule has 0 saturated heterocycles. The van der Waals surface area contributed by atoms with Crippen LogP contribution in [0.2, 0.25) is 0 Å². The Morgan fingerprint density at radius 2 is 2.40 bits per heavy atom. The van der Waals surface area contributed by atoms with Crippen LogP contribution in [0.25, 0.3) is 0 Å². The average molecular weight is 136 g/mol. The maximum Gasteiger partial charge on any atom is 0.326 e. The van der Waals surface area contributed by atoms with Gasteiger partial charge in [-0.1, -0.05) is 0 Å². The topological polar surface area (TPSA) is 42.2 Å². The van der Waals surface area contributed by atoms with Gasteiger partial charge in [0, 0.05) is 19.3 Å². The fourth-order valence-electron chi connectivity index (χ4n) is 0.644. The van der Waals surface area contributed by atoms with Crippen LogP contribution in [0.5, 0.6) is 0 Å². The molecular formula is C6H7BNO2. The minimum atomic E-state index is -0.122. The molecule has 0 aromatic carbocycles. The van der Waals surface area contributed by atoms with E-state index in [1.165, 1.54) is 10.6 Å². The van der Waals surface area contributed by atoms with Crippen LogP contribution in [-0.4, -0.2) is 17.1 Å². The zero-order valence-corrected chi connectivity index (χ0v) is 5.61. The second-order valence-electron chi connectivity index (χ2n) is 2.04. The van der Waals surface area contributed by atoms with E-state index in [2.05, 4.69) is 0 Å². The van der Waals surface area contributed by atoms with Crippen LogP contribution in [0, 0.1) is 0 Å². The number of aryl methyl sites for hydroxylation is 1. The quantitative estimate of drug-likeness (QED) is 0.483. The van der Waals surface area contributed by atoms with Gasteiger partial charge in [0.1, 0.15) is 0 Å². The maximum absolute atomic E-state index is 10.8. The summed E-state index contributed by atoms with van der Waals surface area (Å²) < 4.78 is 1.44. The number of pyridine rings is 1. The van der Waals surface area contributed by atoms with Gasteiger partial charge in [-0.25, -0.2) is 0 Å². The standard InChI is InChI=1S/C6H7BNO2/c1-8-3-2-5(7-10)4-6(8)9/h2-4,10H,1H3. The fraction of sp³-hybridized carbons (Fsp3) is 0.167. The third-order valence-corrected chi connectivity index (χ3v) is 1.28. The van der Waals surface area contributed by atoms with Crippen LogP contribution in [-0.2, 0) is 7.05 Å². The minimum Gasteiger partial charge on any atom is -0.450 e. The highest BCUT2D eigenvalue weighted by Gasteiger charge is 1.93. The predicted molar refractivity (Wildman–Crippen MR) is 39.3 cm³/mol. The molecule has 0 spiro atoms. The van der Waals surface area contributed by atoms with Gasteiger partial charge in [0.25, 0.3) is 0 Å². The molecule has 0 aliphatic carbocycles. The van der Waals surface area contributed by atoms with Crippen LogP contribution in [0.3, 0.4) is 0 Å². The summed E-state index contributed by atoms with van der Waals surface area (Å²) in [4.78, 5) is 10.8. The SMILES string of the molecule is Cn1ccc([B]O)cc1=O. The lowest BCUT2D eigenvalue weighted by Crippen LogP contribution is -2.24. The molecule has 0 bridgehead atoms.